The zero-order valence-electron chi connectivity index (χ0n) is 11.1. The summed E-state index contributed by atoms with van der Waals surface area (Å²) in [7, 11) is 0. The summed E-state index contributed by atoms with van der Waals surface area (Å²) in [5, 5.41) is 1.19. The molecule has 0 amide bonds. The Morgan fingerprint density at radius 3 is 3.00 bits per heavy atom. The van der Waals surface area contributed by atoms with E-state index in [-0.39, 0.29) is 17.2 Å². The molecule has 116 valence electrons. The molecular formula is C13H10Cl2FIN4O. The van der Waals surface area contributed by atoms with Crippen LogP contribution in [-0.4, -0.2) is 46.9 Å². The normalized spacial score (nSPS) is 27.6. The van der Waals surface area contributed by atoms with E-state index in [1.807, 2.05) is 4.90 Å². The fourth-order valence-corrected chi connectivity index (χ4v) is 3.75. The van der Waals surface area contributed by atoms with Gasteiger partial charge in [-0.05, 0) is 34.2 Å². The monoisotopic (exact) mass is 454 g/mol. The van der Waals surface area contributed by atoms with Crippen LogP contribution < -0.4 is 4.90 Å². The first-order valence-corrected chi connectivity index (χ1v) is 8.57. The van der Waals surface area contributed by atoms with Crippen LogP contribution in [0.2, 0.25) is 10.4 Å². The summed E-state index contributed by atoms with van der Waals surface area (Å²) in [4.78, 5) is 14.6. The second kappa shape index (κ2) is 5.54. The van der Waals surface area contributed by atoms with Crippen LogP contribution in [0.15, 0.2) is 6.20 Å². The van der Waals surface area contributed by atoms with Crippen molar-refractivity contribution < 1.29 is 9.13 Å². The third-order valence-electron chi connectivity index (χ3n) is 4.05. The summed E-state index contributed by atoms with van der Waals surface area (Å²) in [6.07, 6.45) is 0.713. The van der Waals surface area contributed by atoms with Gasteiger partial charge in [0.05, 0.1) is 33.7 Å². The lowest BCUT2D eigenvalue weighted by Gasteiger charge is -2.23. The van der Waals surface area contributed by atoms with Gasteiger partial charge in [-0.3, -0.25) is 0 Å². The molecule has 2 aromatic rings. The van der Waals surface area contributed by atoms with Crippen LogP contribution >= 0.6 is 45.8 Å². The first-order chi connectivity index (χ1) is 10.6. The van der Waals surface area contributed by atoms with Crippen LogP contribution in [0, 0.1) is 9.49 Å². The second-order valence-electron chi connectivity index (χ2n) is 5.31. The highest BCUT2D eigenvalue weighted by atomic mass is 127. The van der Waals surface area contributed by atoms with E-state index in [0.29, 0.717) is 39.8 Å². The molecule has 3 atom stereocenters. The van der Waals surface area contributed by atoms with Crippen molar-refractivity contribution in [2.75, 3.05) is 24.7 Å². The van der Waals surface area contributed by atoms with Gasteiger partial charge in [0.2, 0.25) is 5.28 Å². The minimum atomic E-state index is -0.900. The zero-order valence-corrected chi connectivity index (χ0v) is 14.8. The molecule has 5 nitrogen and oxygen atoms in total. The van der Waals surface area contributed by atoms with Crippen molar-refractivity contribution in [3.8, 4) is 0 Å². The van der Waals surface area contributed by atoms with Crippen LogP contribution in [-0.2, 0) is 4.74 Å². The molecule has 0 spiro atoms. The van der Waals surface area contributed by atoms with Gasteiger partial charge in [-0.2, -0.15) is 4.98 Å². The van der Waals surface area contributed by atoms with E-state index in [1.54, 1.807) is 6.20 Å². The van der Waals surface area contributed by atoms with Crippen molar-refractivity contribution >= 4 is 62.5 Å². The fraction of sp³-hybridized carbons (Fsp3) is 0.462. The minimum absolute atomic E-state index is 0.106. The van der Waals surface area contributed by atoms with Gasteiger partial charge < -0.3 is 9.64 Å². The van der Waals surface area contributed by atoms with Crippen molar-refractivity contribution in [3.05, 3.63) is 20.2 Å². The molecule has 0 aromatic carbocycles. The maximum atomic E-state index is 14.0. The molecule has 4 rings (SSSR count). The largest absolute Gasteiger partial charge is 0.379 e. The number of fused-ring (bicyclic) bond motifs is 2. The second-order valence-corrected chi connectivity index (χ2v) is 7.08. The quantitative estimate of drug-likeness (QED) is 0.376. The van der Waals surface area contributed by atoms with E-state index in [0.717, 1.165) is 5.39 Å². The van der Waals surface area contributed by atoms with E-state index >= 15 is 0 Å². The molecule has 2 fully saturated rings. The lowest BCUT2D eigenvalue weighted by atomic mass is 10.2. The zero-order chi connectivity index (χ0) is 15.4. The van der Waals surface area contributed by atoms with Crippen LogP contribution in [0.5, 0.6) is 0 Å². The third kappa shape index (κ3) is 2.33. The number of alkyl halides is 1. The number of nitrogens with zero attached hydrogens (tertiary/aromatic N) is 4. The Balaban J connectivity index is 1.89. The van der Waals surface area contributed by atoms with Crippen molar-refractivity contribution in [2.45, 2.75) is 12.2 Å². The molecule has 2 aliphatic rings. The number of aromatic nitrogens is 3. The summed E-state index contributed by atoms with van der Waals surface area (Å²) in [6, 6.07) is -0.218. The van der Waals surface area contributed by atoms with Crippen molar-refractivity contribution in [2.24, 2.45) is 5.92 Å². The average Bonchev–Trinajstić information content (AvgIpc) is 3.18. The van der Waals surface area contributed by atoms with Crippen molar-refractivity contribution in [3.63, 3.8) is 0 Å². The summed E-state index contributed by atoms with van der Waals surface area (Å²) in [5.74, 6) is 0.489. The van der Waals surface area contributed by atoms with Gasteiger partial charge >= 0.3 is 0 Å². The predicted molar refractivity (Wildman–Crippen MR) is 90.4 cm³/mol. The number of ether oxygens (including phenoxy) is 1. The molecule has 2 aromatic heterocycles. The molecule has 1 aliphatic heterocycles. The minimum Gasteiger partial charge on any atom is -0.379 e. The standard InChI is InChI=1S/C13H10Cl2FIN4O/c14-11-8(17)9-5(3-18-11)12(20-13(15)19-9)21-1-2-22-4-6-7(16)10(6)21/h3,6-7,10H,1-2,4H2/t6-,7-,10-/m0/s1. The molecule has 1 aliphatic carbocycles. The van der Waals surface area contributed by atoms with Gasteiger partial charge in [-0.25, -0.2) is 14.4 Å². The lowest BCUT2D eigenvalue weighted by molar-refractivity contribution is 0.131. The van der Waals surface area contributed by atoms with Gasteiger partial charge in [0, 0.05) is 18.7 Å². The number of pyridine rings is 1. The number of anilines is 1. The summed E-state index contributed by atoms with van der Waals surface area (Å²) < 4.78 is 20.2. The van der Waals surface area contributed by atoms with Crippen LogP contribution in [0.3, 0.4) is 0 Å². The first-order valence-electron chi connectivity index (χ1n) is 6.73. The van der Waals surface area contributed by atoms with Crippen molar-refractivity contribution in [1.29, 1.82) is 0 Å². The molecule has 0 N–H and O–H groups in total. The predicted octanol–water partition coefficient (Wildman–Crippen LogP) is 3.11. The molecule has 0 bridgehead atoms. The molecule has 1 saturated carbocycles. The Morgan fingerprint density at radius 1 is 1.36 bits per heavy atom. The van der Waals surface area contributed by atoms with Gasteiger partial charge in [-0.15, -0.1) is 0 Å². The van der Waals surface area contributed by atoms with Crippen LogP contribution in [0.25, 0.3) is 10.9 Å². The SMILES string of the molecule is F[C@H]1[C@@H]2COCCN(c3nc(Cl)nc4c(I)c(Cl)ncc34)[C@H]12. The molecule has 0 unspecified atom stereocenters. The Morgan fingerprint density at radius 2 is 2.18 bits per heavy atom. The Kier molecular flexibility index (Phi) is 3.79. The molecule has 1 saturated heterocycles. The van der Waals surface area contributed by atoms with E-state index in [2.05, 4.69) is 37.5 Å². The first kappa shape index (κ1) is 15.0. The van der Waals surface area contributed by atoms with Gasteiger partial charge in [0.25, 0.3) is 0 Å². The summed E-state index contributed by atoms with van der Waals surface area (Å²) in [6.45, 7) is 1.53. The molecule has 0 radical (unpaired) electrons. The fourth-order valence-electron chi connectivity index (χ4n) is 2.90. The lowest BCUT2D eigenvalue weighted by Crippen LogP contribution is -2.31. The Hall–Kier alpha value is -0.510. The highest BCUT2D eigenvalue weighted by Crippen LogP contribution is 2.44. The highest BCUT2D eigenvalue weighted by molar-refractivity contribution is 14.1. The maximum absolute atomic E-state index is 14.0. The maximum Gasteiger partial charge on any atom is 0.224 e. The average molecular weight is 455 g/mol. The Bertz CT molecular complexity index is 764. The molecular weight excluding hydrogens is 445 g/mol. The van der Waals surface area contributed by atoms with E-state index < -0.39 is 6.17 Å². The number of rotatable bonds is 1. The summed E-state index contributed by atoms with van der Waals surface area (Å²) >= 11 is 14.2. The number of hydrogen-bond acceptors (Lipinski definition) is 5. The Labute approximate surface area is 149 Å². The molecule has 22 heavy (non-hydrogen) atoms. The molecule has 3 heterocycles. The van der Waals surface area contributed by atoms with Crippen molar-refractivity contribution in [1.82, 2.24) is 15.0 Å². The smallest absolute Gasteiger partial charge is 0.224 e. The highest BCUT2D eigenvalue weighted by Gasteiger charge is 2.56. The van der Waals surface area contributed by atoms with E-state index in [1.165, 1.54) is 0 Å². The van der Waals surface area contributed by atoms with E-state index in [4.69, 9.17) is 27.9 Å². The van der Waals surface area contributed by atoms with Gasteiger partial charge in [-0.1, -0.05) is 11.6 Å². The van der Waals surface area contributed by atoms with Gasteiger partial charge in [0.1, 0.15) is 17.1 Å². The van der Waals surface area contributed by atoms with Crippen LogP contribution in [0.4, 0.5) is 10.2 Å². The summed E-state index contributed by atoms with van der Waals surface area (Å²) in [5.41, 5.74) is 0.633. The number of halogens is 4. The molecule has 9 heteroatoms. The van der Waals surface area contributed by atoms with E-state index in [9.17, 15) is 4.39 Å². The third-order valence-corrected chi connectivity index (χ3v) is 5.84. The topological polar surface area (TPSA) is 51.1 Å². The van der Waals surface area contributed by atoms with Gasteiger partial charge in [0.15, 0.2) is 0 Å². The number of hydrogen-bond donors (Lipinski definition) is 0. The van der Waals surface area contributed by atoms with Crippen LogP contribution in [0.1, 0.15) is 0 Å².